The second-order valence-electron chi connectivity index (χ2n) is 8.10. The molecule has 2 saturated heterocycles. The van der Waals surface area contributed by atoms with Crippen LogP contribution in [0.25, 0.3) is 0 Å². The molecular weight excluding hydrogens is 362 g/mol. The third-order valence-corrected chi connectivity index (χ3v) is 5.94. The normalized spacial score (nSPS) is 20.0. The number of nitrogens with zero attached hydrogens (tertiary/aromatic N) is 2. The summed E-state index contributed by atoms with van der Waals surface area (Å²) in [5.41, 5.74) is 4.61. The molecule has 2 aliphatic heterocycles. The van der Waals surface area contributed by atoms with Gasteiger partial charge in [-0.3, -0.25) is 9.69 Å². The second kappa shape index (κ2) is 9.42. The zero-order valence-electron chi connectivity index (χ0n) is 17.3. The highest BCUT2D eigenvalue weighted by Crippen LogP contribution is 2.21. The first kappa shape index (κ1) is 19.9. The van der Waals surface area contributed by atoms with Crippen LogP contribution in [0, 0.1) is 6.92 Å². The molecule has 0 bridgehead atoms. The van der Waals surface area contributed by atoms with E-state index in [1.165, 1.54) is 16.8 Å². The Balaban J connectivity index is 1.29. The van der Waals surface area contributed by atoms with Gasteiger partial charge in [0.05, 0.1) is 6.10 Å². The van der Waals surface area contributed by atoms with Crippen molar-refractivity contribution >= 4 is 11.6 Å². The van der Waals surface area contributed by atoms with Gasteiger partial charge in [-0.25, -0.2) is 0 Å². The van der Waals surface area contributed by atoms with Gasteiger partial charge >= 0.3 is 0 Å². The van der Waals surface area contributed by atoms with E-state index in [1.54, 1.807) is 0 Å². The summed E-state index contributed by atoms with van der Waals surface area (Å²) in [5, 5.41) is 3.02. The number of hydrogen-bond acceptors (Lipinski definition) is 4. The maximum atomic E-state index is 12.5. The lowest BCUT2D eigenvalue weighted by molar-refractivity contribution is 0.0857. The van der Waals surface area contributed by atoms with Gasteiger partial charge in [0.25, 0.3) is 5.91 Å². The molecule has 0 spiro atoms. The average Bonchev–Trinajstić information content (AvgIpc) is 3.27. The van der Waals surface area contributed by atoms with Crippen LogP contribution in [0.3, 0.4) is 0 Å². The monoisotopic (exact) mass is 393 g/mol. The third-order valence-electron chi connectivity index (χ3n) is 5.94. The van der Waals surface area contributed by atoms with Crippen molar-refractivity contribution in [3.63, 3.8) is 0 Å². The first-order valence-corrected chi connectivity index (χ1v) is 10.7. The van der Waals surface area contributed by atoms with Gasteiger partial charge in [-0.1, -0.05) is 30.3 Å². The molecule has 1 atom stereocenters. The topological polar surface area (TPSA) is 44.8 Å². The lowest BCUT2D eigenvalue weighted by atomic mass is 10.1. The third kappa shape index (κ3) is 5.17. The molecule has 2 heterocycles. The molecule has 154 valence electrons. The van der Waals surface area contributed by atoms with E-state index in [2.05, 4.69) is 52.4 Å². The number of rotatable bonds is 6. The van der Waals surface area contributed by atoms with Crippen molar-refractivity contribution in [1.29, 1.82) is 0 Å². The summed E-state index contributed by atoms with van der Waals surface area (Å²) >= 11 is 0. The zero-order valence-corrected chi connectivity index (χ0v) is 17.3. The summed E-state index contributed by atoms with van der Waals surface area (Å²) in [4.78, 5) is 17.4. The van der Waals surface area contributed by atoms with Gasteiger partial charge in [-0.15, -0.1) is 0 Å². The Morgan fingerprint density at radius 2 is 1.93 bits per heavy atom. The van der Waals surface area contributed by atoms with Gasteiger partial charge in [-0.05, 0) is 49.1 Å². The van der Waals surface area contributed by atoms with Crippen molar-refractivity contribution in [3.05, 3.63) is 65.2 Å². The smallest absolute Gasteiger partial charge is 0.251 e. The van der Waals surface area contributed by atoms with Gasteiger partial charge in [-0.2, -0.15) is 0 Å². The quantitative estimate of drug-likeness (QED) is 0.819. The number of amides is 1. The van der Waals surface area contributed by atoms with Crippen LogP contribution in [0.1, 0.15) is 34.3 Å². The van der Waals surface area contributed by atoms with Gasteiger partial charge in [0.1, 0.15) is 0 Å². The first-order valence-electron chi connectivity index (χ1n) is 10.7. The number of para-hydroxylation sites is 1. The number of anilines is 1. The van der Waals surface area contributed by atoms with Gasteiger partial charge in [0, 0.05) is 57.1 Å². The Morgan fingerprint density at radius 3 is 2.69 bits per heavy atom. The number of hydrogen-bond donors (Lipinski definition) is 1. The molecule has 4 rings (SSSR count). The largest absolute Gasteiger partial charge is 0.376 e. The Hall–Kier alpha value is -2.37. The number of ether oxygens (including phenoxy) is 1. The van der Waals surface area contributed by atoms with Crippen molar-refractivity contribution in [3.8, 4) is 0 Å². The molecule has 5 nitrogen and oxygen atoms in total. The Kier molecular flexibility index (Phi) is 6.47. The van der Waals surface area contributed by atoms with E-state index in [0.717, 1.165) is 57.7 Å². The minimum absolute atomic E-state index is 0.00766. The van der Waals surface area contributed by atoms with Crippen LogP contribution in [0.4, 0.5) is 5.69 Å². The summed E-state index contributed by atoms with van der Waals surface area (Å²) < 4.78 is 5.59. The number of piperazine rings is 1. The number of carbonyl (C=O) groups is 1. The van der Waals surface area contributed by atoms with E-state index in [0.29, 0.717) is 6.54 Å². The maximum Gasteiger partial charge on any atom is 0.251 e. The fourth-order valence-electron chi connectivity index (χ4n) is 4.25. The predicted molar refractivity (Wildman–Crippen MR) is 116 cm³/mol. The zero-order chi connectivity index (χ0) is 20.1. The molecule has 2 aromatic carbocycles. The summed E-state index contributed by atoms with van der Waals surface area (Å²) in [6.45, 7) is 8.61. The van der Waals surface area contributed by atoms with Crippen LogP contribution < -0.4 is 10.2 Å². The van der Waals surface area contributed by atoms with Gasteiger partial charge < -0.3 is 15.0 Å². The van der Waals surface area contributed by atoms with Gasteiger partial charge in [0.2, 0.25) is 0 Å². The van der Waals surface area contributed by atoms with E-state index >= 15 is 0 Å². The first-order chi connectivity index (χ1) is 14.2. The molecule has 2 aromatic rings. The van der Waals surface area contributed by atoms with Crippen LogP contribution >= 0.6 is 0 Å². The van der Waals surface area contributed by atoms with Crippen LogP contribution in [-0.2, 0) is 11.3 Å². The minimum Gasteiger partial charge on any atom is -0.376 e. The van der Waals surface area contributed by atoms with Crippen molar-refractivity contribution in [2.24, 2.45) is 0 Å². The van der Waals surface area contributed by atoms with E-state index in [4.69, 9.17) is 4.74 Å². The van der Waals surface area contributed by atoms with Crippen molar-refractivity contribution in [1.82, 2.24) is 10.2 Å². The van der Waals surface area contributed by atoms with Crippen LogP contribution in [0.5, 0.6) is 0 Å². The molecule has 0 aromatic heterocycles. The van der Waals surface area contributed by atoms with E-state index < -0.39 is 0 Å². The van der Waals surface area contributed by atoms with Crippen molar-refractivity contribution in [2.45, 2.75) is 32.4 Å². The molecule has 2 fully saturated rings. The molecule has 0 aliphatic carbocycles. The highest BCUT2D eigenvalue weighted by Gasteiger charge is 2.19. The predicted octanol–water partition coefficient (Wildman–Crippen LogP) is 3.23. The van der Waals surface area contributed by atoms with Crippen molar-refractivity contribution < 1.29 is 9.53 Å². The standard InChI is InChI=1S/C24H31N3O2/c1-19-6-2-3-10-23(19)27-13-11-26(12-14-27)18-20-7-4-8-21(16-20)24(28)25-17-22-9-5-15-29-22/h2-4,6-8,10,16,22H,5,9,11-15,17-18H2,1H3,(H,25,28)/t22-/m1/s1. The Morgan fingerprint density at radius 1 is 1.10 bits per heavy atom. The van der Waals surface area contributed by atoms with Crippen LogP contribution in [0.2, 0.25) is 0 Å². The molecule has 2 aliphatic rings. The molecule has 5 heteroatoms. The van der Waals surface area contributed by atoms with Crippen LogP contribution in [0.15, 0.2) is 48.5 Å². The lowest BCUT2D eigenvalue weighted by Crippen LogP contribution is -2.46. The highest BCUT2D eigenvalue weighted by molar-refractivity contribution is 5.94. The molecule has 0 saturated carbocycles. The Labute approximate surface area is 173 Å². The fraction of sp³-hybridized carbons (Fsp3) is 0.458. The summed E-state index contributed by atoms with van der Waals surface area (Å²) in [6, 6.07) is 16.6. The number of carbonyl (C=O) groups excluding carboxylic acids is 1. The summed E-state index contributed by atoms with van der Waals surface area (Å²) in [5.74, 6) is -0.00766. The highest BCUT2D eigenvalue weighted by atomic mass is 16.5. The molecule has 29 heavy (non-hydrogen) atoms. The summed E-state index contributed by atoms with van der Waals surface area (Å²) in [6.07, 6.45) is 2.30. The SMILES string of the molecule is Cc1ccccc1N1CCN(Cc2cccc(C(=O)NC[C@H]3CCCO3)c2)CC1. The number of nitrogens with one attached hydrogen (secondary N) is 1. The molecule has 1 amide bonds. The molecular formula is C24H31N3O2. The maximum absolute atomic E-state index is 12.5. The van der Waals surface area contributed by atoms with Gasteiger partial charge in [0.15, 0.2) is 0 Å². The molecule has 1 N–H and O–H groups in total. The summed E-state index contributed by atoms with van der Waals surface area (Å²) in [7, 11) is 0. The Bertz CT molecular complexity index is 824. The van der Waals surface area contributed by atoms with E-state index in [9.17, 15) is 4.79 Å². The molecule has 0 radical (unpaired) electrons. The number of benzene rings is 2. The van der Waals surface area contributed by atoms with Crippen molar-refractivity contribution in [2.75, 3.05) is 44.2 Å². The lowest BCUT2D eigenvalue weighted by Gasteiger charge is -2.36. The fourth-order valence-corrected chi connectivity index (χ4v) is 4.25. The average molecular weight is 394 g/mol. The number of aryl methyl sites for hydroxylation is 1. The van der Waals surface area contributed by atoms with E-state index in [-0.39, 0.29) is 12.0 Å². The van der Waals surface area contributed by atoms with E-state index in [1.807, 2.05) is 18.2 Å². The minimum atomic E-state index is -0.00766. The van der Waals surface area contributed by atoms with Crippen LogP contribution in [-0.4, -0.2) is 56.2 Å². The second-order valence-corrected chi connectivity index (χ2v) is 8.10. The molecule has 0 unspecified atom stereocenters.